The minimum atomic E-state index is -3.87. The zero-order valence-corrected chi connectivity index (χ0v) is 12.3. The highest BCUT2D eigenvalue weighted by Gasteiger charge is 2.17. The van der Waals surface area contributed by atoms with Gasteiger partial charge in [-0.3, -0.25) is 4.72 Å². The van der Waals surface area contributed by atoms with Crippen LogP contribution in [0.4, 0.5) is 15.8 Å². The van der Waals surface area contributed by atoms with Crippen molar-refractivity contribution in [2.24, 2.45) is 0 Å². The average Bonchev–Trinajstić information content (AvgIpc) is 2.38. The molecule has 3 N–H and O–H groups in total. The van der Waals surface area contributed by atoms with Crippen LogP contribution in [0, 0.1) is 5.82 Å². The van der Waals surface area contributed by atoms with Gasteiger partial charge >= 0.3 is 0 Å². The van der Waals surface area contributed by atoms with Gasteiger partial charge in [-0.05, 0) is 36.6 Å². The highest BCUT2D eigenvalue weighted by molar-refractivity contribution is 7.99. The number of nitrogens with one attached hydrogen (secondary N) is 1. The summed E-state index contributed by atoms with van der Waals surface area (Å²) in [4.78, 5) is 0.575. The smallest absolute Gasteiger partial charge is 0.262 e. The van der Waals surface area contributed by atoms with E-state index in [0.717, 1.165) is 17.0 Å². The molecule has 2 aromatic carbocycles. The molecule has 0 aliphatic carbocycles. The van der Waals surface area contributed by atoms with Crippen LogP contribution in [0.2, 0.25) is 0 Å². The average molecular weight is 312 g/mol. The van der Waals surface area contributed by atoms with E-state index < -0.39 is 15.8 Å². The number of nitrogen functional groups attached to an aromatic ring is 1. The van der Waals surface area contributed by atoms with Crippen molar-refractivity contribution in [2.45, 2.75) is 9.79 Å². The summed E-state index contributed by atoms with van der Waals surface area (Å²) in [7, 11) is -3.87. The van der Waals surface area contributed by atoms with Crippen LogP contribution in [-0.2, 0) is 10.0 Å². The topological polar surface area (TPSA) is 72.2 Å². The Morgan fingerprint density at radius 1 is 1.20 bits per heavy atom. The van der Waals surface area contributed by atoms with E-state index in [9.17, 15) is 12.8 Å². The summed E-state index contributed by atoms with van der Waals surface area (Å²) in [5.74, 6) is -0.691. The van der Waals surface area contributed by atoms with Crippen LogP contribution in [0.3, 0.4) is 0 Å². The molecule has 20 heavy (non-hydrogen) atoms. The van der Waals surface area contributed by atoms with E-state index in [1.54, 1.807) is 18.2 Å². The molecule has 7 heteroatoms. The third-order valence-corrected chi connectivity index (χ3v) is 4.70. The van der Waals surface area contributed by atoms with Crippen molar-refractivity contribution in [1.29, 1.82) is 0 Å². The number of rotatable bonds is 4. The van der Waals surface area contributed by atoms with E-state index in [1.165, 1.54) is 17.8 Å². The third-order valence-electron chi connectivity index (χ3n) is 2.56. The summed E-state index contributed by atoms with van der Waals surface area (Å²) in [6.45, 7) is 0. The van der Waals surface area contributed by atoms with Crippen molar-refractivity contribution in [3.63, 3.8) is 0 Å². The van der Waals surface area contributed by atoms with Gasteiger partial charge in [-0.25, -0.2) is 12.8 Å². The number of hydrogen-bond acceptors (Lipinski definition) is 4. The van der Waals surface area contributed by atoms with E-state index in [0.29, 0.717) is 5.69 Å². The lowest BCUT2D eigenvalue weighted by atomic mass is 10.3. The summed E-state index contributed by atoms with van der Waals surface area (Å²) >= 11 is 1.41. The molecule has 0 amide bonds. The van der Waals surface area contributed by atoms with E-state index in [1.807, 2.05) is 12.3 Å². The van der Waals surface area contributed by atoms with Crippen molar-refractivity contribution >= 4 is 33.2 Å². The van der Waals surface area contributed by atoms with Gasteiger partial charge in [0, 0.05) is 10.6 Å². The second-order valence-electron chi connectivity index (χ2n) is 4.03. The van der Waals surface area contributed by atoms with Crippen molar-refractivity contribution in [3.8, 4) is 0 Å². The van der Waals surface area contributed by atoms with Crippen LogP contribution in [-0.4, -0.2) is 14.7 Å². The first-order valence-corrected chi connectivity index (χ1v) is 8.35. The largest absolute Gasteiger partial charge is 0.399 e. The first-order valence-electron chi connectivity index (χ1n) is 5.64. The predicted molar refractivity (Wildman–Crippen MR) is 79.8 cm³/mol. The van der Waals surface area contributed by atoms with Crippen LogP contribution < -0.4 is 10.5 Å². The predicted octanol–water partition coefficient (Wildman–Crippen LogP) is 2.93. The van der Waals surface area contributed by atoms with Crippen molar-refractivity contribution < 1.29 is 12.8 Å². The first kappa shape index (κ1) is 14.7. The van der Waals surface area contributed by atoms with Crippen LogP contribution >= 0.6 is 11.8 Å². The third kappa shape index (κ3) is 3.23. The fourth-order valence-corrected chi connectivity index (χ4v) is 3.43. The number of nitrogens with two attached hydrogens (primary N) is 1. The minimum absolute atomic E-state index is 0.0588. The van der Waals surface area contributed by atoms with Gasteiger partial charge in [0.1, 0.15) is 5.82 Å². The van der Waals surface area contributed by atoms with Crippen molar-refractivity contribution in [2.75, 3.05) is 16.7 Å². The number of benzene rings is 2. The van der Waals surface area contributed by atoms with E-state index in [-0.39, 0.29) is 10.6 Å². The van der Waals surface area contributed by atoms with Crippen molar-refractivity contribution in [3.05, 3.63) is 48.3 Å². The minimum Gasteiger partial charge on any atom is -0.399 e. The number of para-hydroxylation sites is 1. The van der Waals surface area contributed by atoms with Gasteiger partial charge < -0.3 is 5.73 Å². The normalized spacial score (nSPS) is 11.3. The molecule has 0 aliphatic rings. The standard InChI is InChI=1S/C13H13FN2O2S2/c1-19-13-5-3-2-4-12(13)16-20(17,18)11-7-9(14)6-10(15)8-11/h2-8,16H,15H2,1H3. The summed E-state index contributed by atoms with van der Waals surface area (Å²) in [5.41, 5.74) is 5.98. The molecule has 4 nitrogen and oxygen atoms in total. The number of sulfonamides is 1. The molecule has 0 saturated heterocycles. The van der Waals surface area contributed by atoms with Crippen LogP contribution in [0.25, 0.3) is 0 Å². The van der Waals surface area contributed by atoms with Gasteiger partial charge in [0.05, 0.1) is 10.6 Å². The Kier molecular flexibility index (Phi) is 4.20. The molecule has 2 aromatic rings. The maximum Gasteiger partial charge on any atom is 0.262 e. The number of halogens is 1. The van der Waals surface area contributed by atoms with Gasteiger partial charge in [0.25, 0.3) is 10.0 Å². The molecule has 0 radical (unpaired) electrons. The number of thioether (sulfide) groups is 1. The summed E-state index contributed by atoms with van der Waals surface area (Å²) in [6, 6.07) is 10.2. The highest BCUT2D eigenvalue weighted by atomic mass is 32.2. The zero-order chi connectivity index (χ0) is 14.8. The highest BCUT2D eigenvalue weighted by Crippen LogP contribution is 2.27. The van der Waals surface area contributed by atoms with Crippen LogP contribution in [0.5, 0.6) is 0 Å². The van der Waals surface area contributed by atoms with Gasteiger partial charge in [-0.2, -0.15) is 0 Å². The summed E-state index contributed by atoms with van der Waals surface area (Å²) in [5, 5.41) is 0. The molecule has 0 aliphatic heterocycles. The van der Waals surface area contributed by atoms with Gasteiger partial charge in [-0.15, -0.1) is 11.8 Å². The Morgan fingerprint density at radius 3 is 2.55 bits per heavy atom. The van der Waals surface area contributed by atoms with E-state index in [2.05, 4.69) is 4.72 Å². The zero-order valence-electron chi connectivity index (χ0n) is 10.6. The SMILES string of the molecule is CSc1ccccc1NS(=O)(=O)c1cc(N)cc(F)c1. The van der Waals surface area contributed by atoms with Gasteiger partial charge in [-0.1, -0.05) is 12.1 Å². The first-order chi connectivity index (χ1) is 9.42. The van der Waals surface area contributed by atoms with Crippen LogP contribution in [0.15, 0.2) is 52.3 Å². The number of hydrogen-bond donors (Lipinski definition) is 2. The molecule has 0 bridgehead atoms. The molecule has 0 heterocycles. The molecule has 0 aromatic heterocycles. The Labute approximate surface area is 121 Å². The lowest BCUT2D eigenvalue weighted by Gasteiger charge is -2.11. The molecular formula is C13H13FN2O2S2. The Bertz CT molecular complexity index is 713. The maximum absolute atomic E-state index is 13.3. The van der Waals surface area contributed by atoms with Crippen molar-refractivity contribution in [1.82, 2.24) is 0 Å². The monoisotopic (exact) mass is 312 g/mol. The summed E-state index contributed by atoms with van der Waals surface area (Å²) < 4.78 is 40.2. The molecule has 106 valence electrons. The fraction of sp³-hybridized carbons (Fsp3) is 0.0769. The maximum atomic E-state index is 13.3. The molecule has 0 atom stereocenters. The second-order valence-corrected chi connectivity index (χ2v) is 6.56. The Morgan fingerprint density at radius 2 is 1.90 bits per heavy atom. The van der Waals surface area contributed by atoms with Gasteiger partial charge in [0.2, 0.25) is 0 Å². The Hall–Kier alpha value is -1.73. The second kappa shape index (κ2) is 5.72. The molecule has 0 saturated carbocycles. The molecule has 0 unspecified atom stereocenters. The quantitative estimate of drug-likeness (QED) is 0.672. The summed E-state index contributed by atoms with van der Waals surface area (Å²) in [6.07, 6.45) is 1.84. The van der Waals surface area contributed by atoms with Gasteiger partial charge in [0.15, 0.2) is 0 Å². The fourth-order valence-electron chi connectivity index (χ4n) is 1.67. The molecule has 0 fully saturated rings. The molecular weight excluding hydrogens is 299 g/mol. The lowest BCUT2D eigenvalue weighted by Crippen LogP contribution is -2.14. The van der Waals surface area contributed by atoms with Crippen LogP contribution in [0.1, 0.15) is 0 Å². The molecule has 0 spiro atoms. The molecule has 2 rings (SSSR count). The van der Waals surface area contributed by atoms with E-state index >= 15 is 0 Å². The number of anilines is 2. The Balaban J connectivity index is 2.41. The lowest BCUT2D eigenvalue weighted by molar-refractivity contribution is 0.595. The van der Waals surface area contributed by atoms with E-state index in [4.69, 9.17) is 5.73 Å².